The second kappa shape index (κ2) is 3.54. The minimum absolute atomic E-state index is 0.0613. The first kappa shape index (κ1) is 9.68. The van der Waals surface area contributed by atoms with E-state index in [0.717, 1.165) is 6.54 Å². The summed E-state index contributed by atoms with van der Waals surface area (Å²) < 4.78 is 5.67. The van der Waals surface area contributed by atoms with Crippen molar-refractivity contribution in [3.8, 4) is 0 Å². The highest BCUT2D eigenvalue weighted by molar-refractivity contribution is 5.81. The fraction of sp³-hybridized carbons (Fsp3) is 0.889. The van der Waals surface area contributed by atoms with Crippen LogP contribution in [0.1, 0.15) is 27.2 Å². The maximum absolute atomic E-state index is 11.0. The van der Waals surface area contributed by atoms with Gasteiger partial charge < -0.3 is 10.1 Å². The Balaban J connectivity index is 2.37. The van der Waals surface area contributed by atoms with Crippen molar-refractivity contribution in [1.82, 2.24) is 5.32 Å². The smallest absolute Gasteiger partial charge is 0.149 e. The molecule has 0 aromatic carbocycles. The van der Waals surface area contributed by atoms with E-state index in [1.165, 1.54) is 0 Å². The highest BCUT2D eigenvalue weighted by atomic mass is 16.5. The van der Waals surface area contributed by atoms with E-state index < -0.39 is 0 Å². The largest absolute Gasteiger partial charge is 0.371 e. The lowest BCUT2D eigenvalue weighted by molar-refractivity contribution is -0.128. The molecule has 3 heteroatoms. The maximum atomic E-state index is 11.0. The van der Waals surface area contributed by atoms with Crippen molar-refractivity contribution in [2.75, 3.05) is 13.1 Å². The second-order valence-corrected chi connectivity index (χ2v) is 4.23. The number of rotatable bonds is 1. The van der Waals surface area contributed by atoms with Crippen LogP contribution in [-0.4, -0.2) is 30.6 Å². The van der Waals surface area contributed by atoms with E-state index in [4.69, 9.17) is 4.74 Å². The molecule has 0 amide bonds. The quantitative estimate of drug-likeness (QED) is 0.632. The van der Waals surface area contributed by atoms with Crippen LogP contribution in [0.25, 0.3) is 0 Å². The van der Waals surface area contributed by atoms with Gasteiger partial charge in [0.25, 0.3) is 0 Å². The van der Waals surface area contributed by atoms with Gasteiger partial charge >= 0.3 is 0 Å². The van der Waals surface area contributed by atoms with E-state index >= 15 is 0 Å². The summed E-state index contributed by atoms with van der Waals surface area (Å²) in [6.07, 6.45) is 0.621. The summed E-state index contributed by atoms with van der Waals surface area (Å²) in [5, 5.41) is 3.03. The van der Waals surface area contributed by atoms with Crippen LogP contribution >= 0.6 is 0 Å². The number of Topliss-reactive ketones (excluding diaryl/α,β-unsaturated/α-hetero) is 1. The average molecular weight is 171 g/mol. The molecule has 12 heavy (non-hydrogen) atoms. The van der Waals surface area contributed by atoms with Crippen LogP contribution in [0, 0.1) is 0 Å². The molecule has 1 N–H and O–H groups in total. The van der Waals surface area contributed by atoms with Crippen LogP contribution < -0.4 is 5.32 Å². The summed E-state index contributed by atoms with van der Waals surface area (Å²) in [7, 11) is 0. The molecule has 1 aliphatic heterocycles. The van der Waals surface area contributed by atoms with Crippen LogP contribution in [0.3, 0.4) is 0 Å². The highest BCUT2D eigenvalue weighted by Crippen LogP contribution is 2.14. The van der Waals surface area contributed by atoms with Gasteiger partial charge in [0, 0.05) is 13.0 Å². The number of ketones is 1. The van der Waals surface area contributed by atoms with E-state index in [2.05, 4.69) is 5.32 Å². The number of nitrogens with one attached hydrogen (secondary N) is 1. The number of ether oxygens (including phenoxy) is 1. The summed E-state index contributed by atoms with van der Waals surface area (Å²) in [6, 6.07) is 0. The third kappa shape index (κ3) is 3.32. The van der Waals surface area contributed by atoms with Crippen molar-refractivity contribution in [2.24, 2.45) is 0 Å². The fourth-order valence-corrected chi connectivity index (χ4v) is 1.35. The van der Waals surface area contributed by atoms with Crippen LogP contribution in [0.5, 0.6) is 0 Å². The molecule has 70 valence electrons. The van der Waals surface area contributed by atoms with Gasteiger partial charge in [-0.1, -0.05) is 0 Å². The Morgan fingerprint density at radius 2 is 2.17 bits per heavy atom. The summed E-state index contributed by atoms with van der Waals surface area (Å²) in [4.78, 5) is 11.0. The number of carbonyl (C=O) groups excluding carboxylic acids is 1. The molecule has 1 atom stereocenters. The standard InChI is InChI=1S/C9H17NO2/c1-9(2,3)12-8-4-7(11)5-10-6-8/h8,10H,4-6H2,1-3H3/t8-/m1/s1. The number of carbonyl (C=O) groups is 1. The van der Waals surface area contributed by atoms with E-state index in [9.17, 15) is 4.79 Å². The molecule has 1 rings (SSSR count). The van der Waals surface area contributed by atoms with Gasteiger partial charge in [0.2, 0.25) is 0 Å². The molecular formula is C9H17NO2. The van der Waals surface area contributed by atoms with Crippen molar-refractivity contribution >= 4 is 5.78 Å². The lowest BCUT2D eigenvalue weighted by Gasteiger charge is -2.29. The molecule has 1 aliphatic rings. The summed E-state index contributed by atoms with van der Waals surface area (Å²) in [5.41, 5.74) is -0.149. The predicted octanol–water partition coefficient (Wildman–Crippen LogP) is 0.732. The highest BCUT2D eigenvalue weighted by Gasteiger charge is 2.24. The second-order valence-electron chi connectivity index (χ2n) is 4.23. The van der Waals surface area contributed by atoms with E-state index in [-0.39, 0.29) is 17.5 Å². The zero-order valence-corrected chi connectivity index (χ0v) is 8.02. The third-order valence-electron chi connectivity index (χ3n) is 1.67. The molecule has 0 unspecified atom stereocenters. The first-order valence-electron chi connectivity index (χ1n) is 4.37. The van der Waals surface area contributed by atoms with Crippen molar-refractivity contribution < 1.29 is 9.53 Å². The van der Waals surface area contributed by atoms with Gasteiger partial charge in [0.05, 0.1) is 18.2 Å². The minimum Gasteiger partial charge on any atom is -0.371 e. The van der Waals surface area contributed by atoms with Crippen LogP contribution in [-0.2, 0) is 9.53 Å². The molecule has 3 nitrogen and oxygen atoms in total. The van der Waals surface area contributed by atoms with Gasteiger partial charge in [-0.15, -0.1) is 0 Å². The van der Waals surface area contributed by atoms with Gasteiger partial charge in [0.1, 0.15) is 5.78 Å². The molecule has 1 heterocycles. The van der Waals surface area contributed by atoms with Gasteiger partial charge in [-0.2, -0.15) is 0 Å². The topological polar surface area (TPSA) is 38.3 Å². The van der Waals surface area contributed by atoms with Gasteiger partial charge in [-0.25, -0.2) is 0 Å². The Labute approximate surface area is 73.5 Å². The Kier molecular flexibility index (Phi) is 2.85. The zero-order chi connectivity index (χ0) is 9.19. The Bertz CT molecular complexity index is 172. The summed E-state index contributed by atoms with van der Waals surface area (Å²) >= 11 is 0. The molecule has 1 saturated heterocycles. The first-order chi connectivity index (χ1) is 5.47. The number of hydrogen-bond acceptors (Lipinski definition) is 3. The zero-order valence-electron chi connectivity index (χ0n) is 8.02. The summed E-state index contributed by atoms with van der Waals surface area (Å²) in [5.74, 6) is 0.246. The molecule has 1 fully saturated rings. The van der Waals surface area contributed by atoms with Crippen LogP contribution in [0.4, 0.5) is 0 Å². The van der Waals surface area contributed by atoms with E-state index in [0.29, 0.717) is 13.0 Å². The Morgan fingerprint density at radius 1 is 1.50 bits per heavy atom. The summed E-state index contributed by atoms with van der Waals surface area (Å²) in [6.45, 7) is 7.32. The Hall–Kier alpha value is -0.410. The van der Waals surface area contributed by atoms with Crippen molar-refractivity contribution in [1.29, 1.82) is 0 Å². The molecule has 0 aromatic heterocycles. The molecule has 0 bridgehead atoms. The SMILES string of the molecule is CC(C)(C)O[C@H]1CNCC(=O)C1. The van der Waals surface area contributed by atoms with Gasteiger partial charge in [-0.05, 0) is 20.8 Å². The molecule has 0 aromatic rings. The lowest BCUT2D eigenvalue weighted by Crippen LogP contribution is -2.44. The van der Waals surface area contributed by atoms with Crippen molar-refractivity contribution in [3.05, 3.63) is 0 Å². The molecule has 0 aliphatic carbocycles. The third-order valence-corrected chi connectivity index (χ3v) is 1.67. The van der Waals surface area contributed by atoms with Crippen LogP contribution in [0.2, 0.25) is 0 Å². The van der Waals surface area contributed by atoms with Crippen LogP contribution in [0.15, 0.2) is 0 Å². The minimum atomic E-state index is -0.149. The first-order valence-corrected chi connectivity index (χ1v) is 4.37. The molecular weight excluding hydrogens is 154 g/mol. The van der Waals surface area contributed by atoms with E-state index in [1.807, 2.05) is 20.8 Å². The maximum Gasteiger partial charge on any atom is 0.149 e. The lowest BCUT2D eigenvalue weighted by atomic mass is 10.1. The predicted molar refractivity (Wildman–Crippen MR) is 47.1 cm³/mol. The van der Waals surface area contributed by atoms with E-state index in [1.54, 1.807) is 0 Å². The van der Waals surface area contributed by atoms with Crippen molar-refractivity contribution in [3.63, 3.8) is 0 Å². The monoisotopic (exact) mass is 171 g/mol. The average Bonchev–Trinajstić information content (AvgIpc) is 1.82. The Morgan fingerprint density at radius 3 is 2.67 bits per heavy atom. The van der Waals surface area contributed by atoms with Gasteiger partial charge in [0.15, 0.2) is 0 Å². The fourth-order valence-electron chi connectivity index (χ4n) is 1.35. The normalized spacial score (nSPS) is 25.9. The molecule has 0 spiro atoms. The number of piperidine rings is 1. The van der Waals surface area contributed by atoms with Gasteiger partial charge in [-0.3, -0.25) is 4.79 Å². The molecule has 0 saturated carbocycles. The number of hydrogen-bond donors (Lipinski definition) is 1. The van der Waals surface area contributed by atoms with Crippen molar-refractivity contribution in [2.45, 2.75) is 38.9 Å². The molecule has 0 radical (unpaired) electrons.